The van der Waals surface area contributed by atoms with E-state index in [-0.39, 0.29) is 0 Å². The first-order chi connectivity index (χ1) is 14.2. The molecule has 34 heavy (non-hydrogen) atoms. The summed E-state index contributed by atoms with van der Waals surface area (Å²) in [4.78, 5) is 0. The Morgan fingerprint density at radius 1 is 0.382 bits per heavy atom. The lowest BCUT2D eigenvalue weighted by molar-refractivity contribution is -0.497. The number of aliphatic hydroxyl groups is 2. The van der Waals surface area contributed by atoms with Crippen LogP contribution >= 0.6 is 0 Å². The Balaban J connectivity index is 7.71. The fraction of sp³-hybridized carbons (Fsp3) is 0.909. The monoisotopic (exact) mass is 565 g/mol. The number of hydrogen-bond acceptors (Lipinski definition) is 2. The van der Waals surface area contributed by atoms with Crippen molar-refractivity contribution in [2.24, 2.45) is 0 Å². The molecule has 0 saturated carbocycles. The summed E-state index contributed by atoms with van der Waals surface area (Å²) in [6.45, 7) is 0. The van der Waals surface area contributed by atoms with E-state index in [1.54, 1.807) is 0 Å². The predicted molar refractivity (Wildman–Crippen MR) is 58.3 cm³/mol. The van der Waals surface area contributed by atoms with Gasteiger partial charge in [-0.1, -0.05) is 0 Å². The molecule has 0 aromatic carbocycles. The molecule has 1 radical (unpaired) electrons. The SMILES string of the molecule is OC(F)(C(F)(F)C(F)(C(F)(F)F)C(O)(F)C(F)(F)C(F)(F)C(F)(F)F)C(F)([C](F)F)C(F)(F)F. The van der Waals surface area contributed by atoms with Crippen LogP contribution in [-0.4, -0.2) is 69.6 Å². The van der Waals surface area contributed by atoms with Crippen molar-refractivity contribution < 1.29 is 102 Å². The number of hydrogen-bond donors (Lipinski definition) is 2. The standard InChI is InChI=1S/C11H2F21O2/c12-1(13)2(14,9(24,25)26)7(22,33)4(16,17)3(15,10(27,28)29)8(23,34)5(18,19)6(20,21)11(30,31)32/h33-34H. The minimum atomic E-state index is -9.35. The molecular weight excluding hydrogens is 563 g/mol. The van der Waals surface area contributed by atoms with Gasteiger partial charge in [-0.25, -0.2) is 17.6 Å². The number of halogens is 21. The van der Waals surface area contributed by atoms with E-state index in [9.17, 15) is 92.2 Å². The molecule has 0 rings (SSSR count). The summed E-state index contributed by atoms with van der Waals surface area (Å²) >= 11 is 0. The van der Waals surface area contributed by atoms with Crippen LogP contribution in [-0.2, 0) is 0 Å². The third-order valence-corrected chi connectivity index (χ3v) is 3.97. The molecule has 205 valence electrons. The number of rotatable bonds is 7. The second kappa shape index (κ2) is 7.72. The molecule has 0 aliphatic carbocycles. The van der Waals surface area contributed by atoms with Crippen molar-refractivity contribution in [3.05, 3.63) is 6.43 Å². The van der Waals surface area contributed by atoms with Gasteiger partial charge in [0, 0.05) is 0 Å². The molecule has 0 aliphatic rings. The molecular formula is C11H2F21O2. The van der Waals surface area contributed by atoms with Crippen molar-refractivity contribution in [3.8, 4) is 0 Å². The average Bonchev–Trinajstić information content (AvgIpc) is 2.55. The maximum atomic E-state index is 14.1. The Morgan fingerprint density at radius 2 is 0.706 bits per heavy atom. The summed E-state index contributed by atoms with van der Waals surface area (Å²) < 4.78 is 270. The van der Waals surface area contributed by atoms with Gasteiger partial charge >= 0.3 is 65.8 Å². The molecule has 4 atom stereocenters. The Bertz CT molecular complexity index is 743. The molecule has 0 saturated heterocycles. The fourth-order valence-electron chi connectivity index (χ4n) is 2.04. The maximum Gasteiger partial charge on any atom is 0.460 e. The van der Waals surface area contributed by atoms with Crippen molar-refractivity contribution in [1.29, 1.82) is 0 Å². The Morgan fingerprint density at radius 3 is 0.912 bits per heavy atom. The van der Waals surface area contributed by atoms with Crippen LogP contribution in [0.4, 0.5) is 92.2 Å². The first kappa shape index (κ1) is 32.4. The number of alkyl halides is 19. The van der Waals surface area contributed by atoms with Gasteiger partial charge in [-0.15, -0.1) is 0 Å². The second-order valence-corrected chi connectivity index (χ2v) is 6.04. The van der Waals surface area contributed by atoms with Crippen LogP contribution in [0, 0.1) is 6.43 Å². The maximum absolute atomic E-state index is 14.1. The largest absolute Gasteiger partial charge is 0.460 e. The third kappa shape index (κ3) is 3.62. The van der Waals surface area contributed by atoms with Gasteiger partial charge in [-0.3, -0.25) is 0 Å². The third-order valence-electron chi connectivity index (χ3n) is 3.97. The van der Waals surface area contributed by atoms with E-state index in [1.165, 1.54) is 0 Å². The molecule has 0 fully saturated rings. The van der Waals surface area contributed by atoms with E-state index in [2.05, 4.69) is 0 Å². The molecule has 0 bridgehead atoms. The highest BCUT2D eigenvalue weighted by Gasteiger charge is 3.00. The van der Waals surface area contributed by atoms with E-state index < -0.39 is 65.8 Å². The fourth-order valence-corrected chi connectivity index (χ4v) is 2.04. The second-order valence-electron chi connectivity index (χ2n) is 6.04. The highest BCUT2D eigenvalue weighted by molar-refractivity contribution is 5.25. The van der Waals surface area contributed by atoms with Crippen molar-refractivity contribution in [2.75, 3.05) is 0 Å². The molecule has 0 heterocycles. The molecule has 0 aromatic rings. The van der Waals surface area contributed by atoms with Crippen LogP contribution in [0.5, 0.6) is 0 Å². The first-order valence-corrected chi connectivity index (χ1v) is 6.92. The molecule has 2 nitrogen and oxygen atoms in total. The van der Waals surface area contributed by atoms with Gasteiger partial charge in [0.2, 0.25) is 0 Å². The molecule has 0 amide bonds. The van der Waals surface area contributed by atoms with Gasteiger partial charge in [-0.2, -0.15) is 74.6 Å². The van der Waals surface area contributed by atoms with Gasteiger partial charge < -0.3 is 10.2 Å². The summed E-state index contributed by atoms with van der Waals surface area (Å²) in [5, 5.41) is 16.5. The zero-order valence-corrected chi connectivity index (χ0v) is 14.3. The summed E-state index contributed by atoms with van der Waals surface area (Å²) in [6, 6.07) is 0. The van der Waals surface area contributed by atoms with E-state index in [0.717, 1.165) is 0 Å². The predicted octanol–water partition coefficient (Wildman–Crippen LogP) is 5.74. The van der Waals surface area contributed by atoms with Gasteiger partial charge in [0.1, 0.15) is 0 Å². The van der Waals surface area contributed by atoms with E-state index in [1.807, 2.05) is 0 Å². The lowest BCUT2D eigenvalue weighted by Gasteiger charge is -2.49. The Labute approximate surface area is 169 Å². The molecule has 0 spiro atoms. The lowest BCUT2D eigenvalue weighted by Crippen LogP contribution is -2.83. The van der Waals surface area contributed by atoms with Gasteiger partial charge in [0.05, 0.1) is 0 Å². The molecule has 2 N–H and O–H groups in total. The summed E-state index contributed by atoms with van der Waals surface area (Å²) in [7, 11) is 0. The highest BCUT2D eigenvalue weighted by Crippen LogP contribution is 2.67. The molecule has 0 aliphatic heterocycles. The zero-order valence-electron chi connectivity index (χ0n) is 14.3. The van der Waals surface area contributed by atoms with E-state index in [0.29, 0.717) is 0 Å². The normalized spacial score (nSPS) is 22.6. The first-order valence-electron chi connectivity index (χ1n) is 6.92. The van der Waals surface area contributed by atoms with Crippen LogP contribution in [0.1, 0.15) is 0 Å². The van der Waals surface area contributed by atoms with Crippen molar-refractivity contribution >= 4 is 0 Å². The van der Waals surface area contributed by atoms with Crippen LogP contribution in [0.2, 0.25) is 0 Å². The lowest BCUT2D eigenvalue weighted by atomic mass is 9.75. The molecule has 23 heteroatoms. The van der Waals surface area contributed by atoms with Crippen LogP contribution in [0.3, 0.4) is 0 Å². The van der Waals surface area contributed by atoms with Crippen molar-refractivity contribution in [3.63, 3.8) is 0 Å². The Hall–Kier alpha value is -1.55. The van der Waals surface area contributed by atoms with Gasteiger partial charge in [-0.05, 0) is 0 Å². The minimum Gasteiger partial charge on any atom is -0.354 e. The van der Waals surface area contributed by atoms with Gasteiger partial charge in [0.25, 0.3) is 0 Å². The smallest absolute Gasteiger partial charge is 0.354 e. The summed E-state index contributed by atoms with van der Waals surface area (Å²) in [5.41, 5.74) is -17.7. The van der Waals surface area contributed by atoms with E-state index >= 15 is 0 Å². The van der Waals surface area contributed by atoms with Crippen LogP contribution in [0.25, 0.3) is 0 Å². The van der Waals surface area contributed by atoms with Crippen molar-refractivity contribution in [2.45, 2.75) is 59.3 Å². The van der Waals surface area contributed by atoms with E-state index in [4.69, 9.17) is 10.2 Å². The molecule has 4 unspecified atom stereocenters. The molecule has 0 aromatic heterocycles. The van der Waals surface area contributed by atoms with Crippen LogP contribution < -0.4 is 0 Å². The average molecular weight is 565 g/mol. The topological polar surface area (TPSA) is 40.5 Å². The highest BCUT2D eigenvalue weighted by atomic mass is 19.4. The summed E-state index contributed by atoms with van der Waals surface area (Å²) in [6.07, 6.45) is -30.6. The Kier molecular flexibility index (Phi) is 7.37. The zero-order chi connectivity index (χ0) is 28.6. The summed E-state index contributed by atoms with van der Waals surface area (Å²) in [5.74, 6) is -44.4. The van der Waals surface area contributed by atoms with Gasteiger partial charge in [0.15, 0.2) is 0 Å². The quantitative estimate of drug-likeness (QED) is 0.387. The minimum absolute atomic E-state index is 5.61. The van der Waals surface area contributed by atoms with Crippen LogP contribution in [0.15, 0.2) is 0 Å². The van der Waals surface area contributed by atoms with Crippen molar-refractivity contribution in [1.82, 2.24) is 0 Å².